The van der Waals surface area contributed by atoms with Gasteiger partial charge in [-0.1, -0.05) is 13.3 Å². The summed E-state index contributed by atoms with van der Waals surface area (Å²) in [6.45, 7) is 5.88. The van der Waals surface area contributed by atoms with Crippen molar-refractivity contribution >= 4 is 16.3 Å². The van der Waals surface area contributed by atoms with E-state index in [0.717, 1.165) is 30.2 Å². The van der Waals surface area contributed by atoms with Crippen molar-refractivity contribution in [2.45, 2.75) is 39.3 Å². The lowest BCUT2D eigenvalue weighted by Crippen LogP contribution is -2.33. The average Bonchev–Trinajstić information content (AvgIpc) is 2.88. The number of hydrogen-bond acceptors (Lipinski definition) is 4. The number of ether oxygens (including phenoxy) is 1. The van der Waals surface area contributed by atoms with Crippen molar-refractivity contribution in [3.8, 4) is 0 Å². The van der Waals surface area contributed by atoms with E-state index in [2.05, 4.69) is 40.1 Å². The van der Waals surface area contributed by atoms with E-state index in [1.807, 2.05) is 0 Å². The number of nitrogens with one attached hydrogen (secondary N) is 1. The van der Waals surface area contributed by atoms with E-state index in [9.17, 15) is 0 Å². The van der Waals surface area contributed by atoms with Crippen molar-refractivity contribution in [1.82, 2.24) is 14.7 Å². The molecule has 0 aliphatic carbocycles. The first-order chi connectivity index (χ1) is 8.76. The SMILES string of the molecule is CCCC(COC)NCc1c(C)nc2sccn12. The van der Waals surface area contributed by atoms with E-state index >= 15 is 0 Å². The second kappa shape index (κ2) is 6.31. The number of hydrogen-bond donors (Lipinski definition) is 1. The molecule has 0 saturated heterocycles. The van der Waals surface area contributed by atoms with Gasteiger partial charge in [-0.2, -0.15) is 0 Å². The zero-order chi connectivity index (χ0) is 13.0. The molecule has 2 aromatic heterocycles. The molecule has 1 unspecified atom stereocenters. The standard InChI is InChI=1S/C13H21N3OS/c1-4-5-11(9-17-3)14-8-12-10(2)15-13-16(12)6-7-18-13/h6-7,11,14H,4-5,8-9H2,1-3H3. The van der Waals surface area contributed by atoms with Gasteiger partial charge < -0.3 is 10.1 Å². The van der Waals surface area contributed by atoms with Gasteiger partial charge in [0.2, 0.25) is 0 Å². The van der Waals surface area contributed by atoms with E-state index in [0.29, 0.717) is 6.04 Å². The lowest BCUT2D eigenvalue weighted by Gasteiger charge is -2.17. The Morgan fingerprint density at radius 1 is 1.56 bits per heavy atom. The molecule has 0 amide bonds. The number of aromatic nitrogens is 2. The minimum absolute atomic E-state index is 0.420. The average molecular weight is 267 g/mol. The molecule has 0 saturated carbocycles. The van der Waals surface area contributed by atoms with Crippen LogP contribution in [0.15, 0.2) is 11.6 Å². The summed E-state index contributed by atoms with van der Waals surface area (Å²) in [6.07, 6.45) is 4.39. The maximum atomic E-state index is 5.25. The van der Waals surface area contributed by atoms with Crippen LogP contribution in [-0.4, -0.2) is 29.1 Å². The summed E-state index contributed by atoms with van der Waals surface area (Å²) in [5.74, 6) is 0. The zero-order valence-corrected chi connectivity index (χ0v) is 12.1. The molecule has 2 aromatic rings. The fraction of sp³-hybridized carbons (Fsp3) is 0.615. The van der Waals surface area contributed by atoms with Crippen molar-refractivity contribution in [2.75, 3.05) is 13.7 Å². The maximum Gasteiger partial charge on any atom is 0.194 e. The summed E-state index contributed by atoms with van der Waals surface area (Å²) in [5.41, 5.74) is 2.37. The second-order valence-electron chi connectivity index (χ2n) is 4.52. The lowest BCUT2D eigenvalue weighted by atomic mass is 10.2. The minimum atomic E-state index is 0.420. The van der Waals surface area contributed by atoms with Gasteiger partial charge in [0.25, 0.3) is 0 Å². The normalized spacial score (nSPS) is 13.3. The summed E-state index contributed by atoms with van der Waals surface area (Å²) in [7, 11) is 1.76. The Bertz CT molecular complexity index is 485. The Morgan fingerprint density at radius 2 is 2.39 bits per heavy atom. The predicted octanol–water partition coefficient (Wildman–Crippen LogP) is 2.61. The summed E-state index contributed by atoms with van der Waals surface area (Å²) in [5, 5.41) is 5.64. The van der Waals surface area contributed by atoms with Crippen LogP contribution in [0.2, 0.25) is 0 Å². The molecule has 18 heavy (non-hydrogen) atoms. The number of methoxy groups -OCH3 is 1. The number of thiazole rings is 1. The van der Waals surface area contributed by atoms with E-state index < -0.39 is 0 Å². The van der Waals surface area contributed by atoms with Crippen LogP contribution in [-0.2, 0) is 11.3 Å². The first-order valence-corrected chi connectivity index (χ1v) is 7.27. The van der Waals surface area contributed by atoms with Crippen LogP contribution in [0.5, 0.6) is 0 Å². The highest BCUT2D eigenvalue weighted by Gasteiger charge is 2.12. The maximum absolute atomic E-state index is 5.25. The number of rotatable bonds is 7. The molecule has 2 heterocycles. The molecular formula is C13H21N3OS. The minimum Gasteiger partial charge on any atom is -0.383 e. The van der Waals surface area contributed by atoms with E-state index in [1.165, 1.54) is 12.1 Å². The third-order valence-electron chi connectivity index (χ3n) is 3.12. The van der Waals surface area contributed by atoms with Gasteiger partial charge in [0, 0.05) is 31.3 Å². The number of aryl methyl sites for hydroxylation is 1. The Kier molecular flexibility index (Phi) is 4.74. The first-order valence-electron chi connectivity index (χ1n) is 6.39. The van der Waals surface area contributed by atoms with Crippen LogP contribution in [0.1, 0.15) is 31.2 Å². The Hall–Kier alpha value is -0.910. The van der Waals surface area contributed by atoms with Gasteiger partial charge in [0.1, 0.15) is 0 Å². The molecule has 0 spiro atoms. The Morgan fingerprint density at radius 3 is 3.11 bits per heavy atom. The molecule has 0 aromatic carbocycles. The molecule has 0 radical (unpaired) electrons. The van der Waals surface area contributed by atoms with Gasteiger partial charge in [-0.3, -0.25) is 4.40 Å². The molecule has 1 N–H and O–H groups in total. The smallest absolute Gasteiger partial charge is 0.194 e. The third kappa shape index (κ3) is 2.91. The predicted molar refractivity (Wildman–Crippen MR) is 75.2 cm³/mol. The fourth-order valence-electron chi connectivity index (χ4n) is 2.19. The van der Waals surface area contributed by atoms with Crippen molar-refractivity contribution in [2.24, 2.45) is 0 Å². The molecule has 1 atom stereocenters. The monoisotopic (exact) mass is 267 g/mol. The van der Waals surface area contributed by atoms with Gasteiger partial charge in [-0.05, 0) is 13.3 Å². The number of nitrogens with zero attached hydrogens (tertiary/aromatic N) is 2. The first kappa shape index (κ1) is 13.5. The van der Waals surface area contributed by atoms with Gasteiger partial charge in [0.05, 0.1) is 18.0 Å². The molecule has 4 nitrogen and oxygen atoms in total. The molecule has 0 aliphatic heterocycles. The second-order valence-corrected chi connectivity index (χ2v) is 5.39. The highest BCUT2D eigenvalue weighted by atomic mass is 32.1. The van der Waals surface area contributed by atoms with Gasteiger partial charge in [-0.25, -0.2) is 4.98 Å². The summed E-state index contributed by atoms with van der Waals surface area (Å²) >= 11 is 1.68. The number of fused-ring (bicyclic) bond motifs is 1. The summed E-state index contributed by atoms with van der Waals surface area (Å²) < 4.78 is 7.42. The molecule has 0 aliphatic rings. The van der Waals surface area contributed by atoms with E-state index in [4.69, 9.17) is 4.74 Å². The highest BCUT2D eigenvalue weighted by Crippen LogP contribution is 2.16. The Labute approximate surface area is 112 Å². The van der Waals surface area contributed by atoms with Crippen molar-refractivity contribution in [3.63, 3.8) is 0 Å². The lowest BCUT2D eigenvalue weighted by molar-refractivity contribution is 0.161. The fourth-order valence-corrected chi connectivity index (χ4v) is 2.97. The molecule has 2 rings (SSSR count). The molecule has 100 valence electrons. The van der Waals surface area contributed by atoms with Crippen LogP contribution < -0.4 is 5.32 Å². The quantitative estimate of drug-likeness (QED) is 0.838. The van der Waals surface area contributed by atoms with Crippen molar-refractivity contribution in [1.29, 1.82) is 0 Å². The van der Waals surface area contributed by atoms with Crippen molar-refractivity contribution in [3.05, 3.63) is 23.0 Å². The van der Waals surface area contributed by atoms with E-state index in [-0.39, 0.29) is 0 Å². The zero-order valence-electron chi connectivity index (χ0n) is 11.3. The van der Waals surface area contributed by atoms with Crippen LogP contribution >= 0.6 is 11.3 Å². The summed E-state index contributed by atoms with van der Waals surface area (Å²) in [4.78, 5) is 5.63. The van der Waals surface area contributed by atoms with Gasteiger partial charge in [0.15, 0.2) is 4.96 Å². The molecular weight excluding hydrogens is 246 g/mol. The molecule has 5 heteroatoms. The van der Waals surface area contributed by atoms with Crippen LogP contribution in [0, 0.1) is 6.92 Å². The largest absolute Gasteiger partial charge is 0.383 e. The molecule has 0 bridgehead atoms. The Balaban J connectivity index is 2.03. The third-order valence-corrected chi connectivity index (χ3v) is 3.88. The van der Waals surface area contributed by atoms with Gasteiger partial charge in [-0.15, -0.1) is 11.3 Å². The van der Waals surface area contributed by atoms with E-state index in [1.54, 1.807) is 18.4 Å². The molecule has 0 fully saturated rings. The topological polar surface area (TPSA) is 38.6 Å². The number of imidazole rings is 1. The van der Waals surface area contributed by atoms with Crippen LogP contribution in [0.25, 0.3) is 4.96 Å². The van der Waals surface area contributed by atoms with Gasteiger partial charge >= 0.3 is 0 Å². The highest BCUT2D eigenvalue weighted by molar-refractivity contribution is 7.15. The van der Waals surface area contributed by atoms with Crippen molar-refractivity contribution < 1.29 is 4.74 Å². The van der Waals surface area contributed by atoms with Crippen LogP contribution in [0.4, 0.5) is 0 Å². The van der Waals surface area contributed by atoms with Crippen LogP contribution in [0.3, 0.4) is 0 Å². The summed E-state index contributed by atoms with van der Waals surface area (Å²) in [6, 6.07) is 0.420.